The number of aromatic carboxylic acids is 1. The van der Waals surface area contributed by atoms with Crippen molar-refractivity contribution in [1.82, 2.24) is 9.97 Å². The molecule has 0 unspecified atom stereocenters. The number of carboxylic acids is 1. The number of nitrogens with one attached hydrogen (secondary N) is 1. The number of carboxylic acid groups (broad SMARTS) is 1. The second kappa shape index (κ2) is 6.40. The lowest BCUT2D eigenvalue weighted by atomic mass is 10.1. The summed E-state index contributed by atoms with van der Waals surface area (Å²) in [6, 6.07) is 2.90. The molecule has 3 aromatic rings. The predicted octanol–water partition coefficient (Wildman–Crippen LogP) is 4.25. The van der Waals surface area contributed by atoms with Crippen LogP contribution in [0.5, 0.6) is 0 Å². The molecule has 0 aliphatic heterocycles. The summed E-state index contributed by atoms with van der Waals surface area (Å²) >= 11 is 6.80. The normalized spacial score (nSPS) is 11.9. The minimum absolute atomic E-state index is 0.00717. The second-order valence-corrected chi connectivity index (χ2v) is 6.94. The Morgan fingerprint density at radius 1 is 1.38 bits per heavy atom. The topological polar surface area (TPSA) is 83.0 Å². The monoisotopic (exact) mass is 402 g/mol. The number of hydrogen-bond acceptors (Lipinski definition) is 4. The van der Waals surface area contributed by atoms with E-state index in [1.807, 2.05) is 0 Å². The van der Waals surface area contributed by atoms with E-state index in [0.717, 1.165) is 29.5 Å². The fraction of sp³-hybridized carbons (Fsp3) is 0.188. The number of aromatic nitrogens is 2. The van der Waals surface area contributed by atoms with Gasteiger partial charge in [0.2, 0.25) is 0 Å². The Morgan fingerprint density at radius 2 is 2.08 bits per heavy atom. The molecule has 2 heterocycles. The lowest BCUT2D eigenvalue weighted by molar-refractivity contribution is -0.137. The van der Waals surface area contributed by atoms with Gasteiger partial charge in [0, 0.05) is 11.4 Å². The molecule has 3 rings (SSSR count). The van der Waals surface area contributed by atoms with Gasteiger partial charge in [-0.05, 0) is 36.2 Å². The Morgan fingerprint density at radius 3 is 2.69 bits per heavy atom. The molecular weight excluding hydrogens is 393 g/mol. The van der Waals surface area contributed by atoms with Gasteiger partial charge in [-0.3, -0.25) is 4.79 Å². The lowest BCUT2D eigenvalue weighted by Gasteiger charge is -2.10. The lowest BCUT2D eigenvalue weighted by Crippen LogP contribution is -2.12. The molecule has 26 heavy (non-hydrogen) atoms. The molecule has 0 saturated heterocycles. The van der Waals surface area contributed by atoms with Crippen LogP contribution < -0.4 is 5.56 Å². The molecule has 2 N–H and O–H groups in total. The van der Waals surface area contributed by atoms with Gasteiger partial charge in [0.15, 0.2) is 0 Å². The first kappa shape index (κ1) is 18.4. The van der Waals surface area contributed by atoms with Crippen LogP contribution in [0.25, 0.3) is 10.2 Å². The Labute approximate surface area is 153 Å². The van der Waals surface area contributed by atoms with Gasteiger partial charge < -0.3 is 10.1 Å². The van der Waals surface area contributed by atoms with Crippen molar-refractivity contribution in [2.75, 3.05) is 0 Å². The Kier molecular flexibility index (Phi) is 4.53. The minimum atomic E-state index is -4.52. The molecule has 0 atom stereocenters. The van der Waals surface area contributed by atoms with Gasteiger partial charge >= 0.3 is 12.1 Å². The van der Waals surface area contributed by atoms with Crippen LogP contribution in [0.4, 0.5) is 13.2 Å². The maximum atomic E-state index is 12.9. The number of hydrogen-bond donors (Lipinski definition) is 2. The van der Waals surface area contributed by atoms with Crippen molar-refractivity contribution in [3.05, 3.63) is 61.0 Å². The molecule has 0 radical (unpaired) electrons. The third-order valence-corrected chi connectivity index (χ3v) is 5.32. The Bertz CT molecular complexity index is 1090. The van der Waals surface area contributed by atoms with Crippen molar-refractivity contribution < 1.29 is 23.1 Å². The third-order valence-electron chi connectivity index (χ3n) is 3.77. The quantitative estimate of drug-likeness (QED) is 0.686. The highest BCUT2D eigenvalue weighted by atomic mass is 35.5. The van der Waals surface area contributed by atoms with E-state index in [1.165, 1.54) is 6.92 Å². The first-order chi connectivity index (χ1) is 12.1. The van der Waals surface area contributed by atoms with Crippen LogP contribution >= 0.6 is 22.9 Å². The van der Waals surface area contributed by atoms with Crippen molar-refractivity contribution in [3.8, 4) is 0 Å². The number of carbonyl (C=O) groups is 1. The van der Waals surface area contributed by atoms with Crippen LogP contribution in [0.3, 0.4) is 0 Å². The van der Waals surface area contributed by atoms with E-state index in [9.17, 15) is 22.8 Å². The summed E-state index contributed by atoms with van der Waals surface area (Å²) in [6.07, 6.45) is -4.65. The van der Waals surface area contributed by atoms with Crippen molar-refractivity contribution in [2.45, 2.75) is 19.5 Å². The highest BCUT2D eigenvalue weighted by Crippen LogP contribution is 2.32. The van der Waals surface area contributed by atoms with Crippen LogP contribution in [0.1, 0.15) is 32.2 Å². The zero-order valence-corrected chi connectivity index (χ0v) is 14.6. The summed E-state index contributed by atoms with van der Waals surface area (Å²) in [6.45, 7) is 1.50. The fourth-order valence-electron chi connectivity index (χ4n) is 2.54. The van der Waals surface area contributed by atoms with Gasteiger partial charge in [0.25, 0.3) is 5.56 Å². The Balaban J connectivity index is 2.08. The maximum absolute atomic E-state index is 12.9. The zero-order chi connectivity index (χ0) is 19.2. The van der Waals surface area contributed by atoms with Crippen molar-refractivity contribution in [1.29, 1.82) is 0 Å². The molecule has 5 nitrogen and oxygen atoms in total. The van der Waals surface area contributed by atoms with Crippen LogP contribution in [-0.4, -0.2) is 21.0 Å². The number of thiophene rings is 1. The summed E-state index contributed by atoms with van der Waals surface area (Å²) in [5.41, 5.74) is -0.958. The van der Waals surface area contributed by atoms with Crippen LogP contribution in [-0.2, 0) is 12.6 Å². The molecule has 0 amide bonds. The number of aryl methyl sites for hydroxylation is 1. The molecular formula is C16H10ClF3N2O3S. The average Bonchev–Trinajstić information content (AvgIpc) is 2.86. The smallest absolute Gasteiger partial charge is 0.416 e. The molecule has 1 aromatic carbocycles. The SMILES string of the molecule is Cc1c(C(=O)O)sc2nc(Cc3cc(C(F)(F)F)ccc3Cl)[nH]c(=O)c12. The number of fused-ring (bicyclic) bond motifs is 1. The molecule has 0 bridgehead atoms. The molecule has 2 aromatic heterocycles. The first-order valence-corrected chi connectivity index (χ1v) is 8.38. The fourth-order valence-corrected chi connectivity index (χ4v) is 3.77. The van der Waals surface area contributed by atoms with Crippen molar-refractivity contribution in [2.24, 2.45) is 0 Å². The molecule has 136 valence electrons. The molecule has 0 fully saturated rings. The molecule has 10 heteroatoms. The van der Waals surface area contributed by atoms with E-state index in [2.05, 4.69) is 9.97 Å². The van der Waals surface area contributed by atoms with Crippen molar-refractivity contribution in [3.63, 3.8) is 0 Å². The highest BCUT2D eigenvalue weighted by Gasteiger charge is 2.31. The number of alkyl halides is 3. The largest absolute Gasteiger partial charge is 0.477 e. The zero-order valence-electron chi connectivity index (χ0n) is 13.1. The number of halogens is 4. The number of benzene rings is 1. The van der Waals surface area contributed by atoms with E-state index in [-0.39, 0.29) is 37.9 Å². The summed E-state index contributed by atoms with van der Waals surface area (Å²) in [5, 5.41) is 9.42. The van der Waals surface area contributed by atoms with E-state index in [0.29, 0.717) is 5.56 Å². The predicted molar refractivity (Wildman–Crippen MR) is 91.2 cm³/mol. The number of aromatic amines is 1. The van der Waals surface area contributed by atoms with Crippen LogP contribution in [0.15, 0.2) is 23.0 Å². The number of nitrogens with zero attached hydrogens (tertiary/aromatic N) is 1. The van der Waals surface area contributed by atoms with Gasteiger partial charge in [0.1, 0.15) is 15.5 Å². The highest BCUT2D eigenvalue weighted by molar-refractivity contribution is 7.20. The van der Waals surface area contributed by atoms with Crippen molar-refractivity contribution >= 4 is 39.1 Å². The minimum Gasteiger partial charge on any atom is -0.477 e. The number of H-pyrrole nitrogens is 1. The van der Waals surface area contributed by atoms with Gasteiger partial charge in [-0.2, -0.15) is 13.2 Å². The molecule has 0 saturated carbocycles. The summed E-state index contributed by atoms with van der Waals surface area (Å²) in [7, 11) is 0. The molecule has 0 spiro atoms. The third kappa shape index (κ3) is 3.32. The average molecular weight is 403 g/mol. The standard InChI is InChI=1S/C16H10ClF3N2O3S/c1-6-11-13(23)21-10(22-14(11)26-12(6)15(24)25)5-7-4-8(16(18,19)20)2-3-9(7)17/h2-4H,5H2,1H3,(H,24,25)(H,21,22,23). The van der Waals surface area contributed by atoms with E-state index in [1.54, 1.807) is 0 Å². The second-order valence-electron chi connectivity index (χ2n) is 5.53. The summed E-state index contributed by atoms with van der Waals surface area (Å²) in [5.74, 6) is -1.07. The molecule has 0 aliphatic rings. The number of rotatable bonds is 3. The Hall–Kier alpha value is -2.39. The maximum Gasteiger partial charge on any atom is 0.416 e. The van der Waals surface area contributed by atoms with E-state index in [4.69, 9.17) is 16.7 Å². The van der Waals surface area contributed by atoms with Crippen LogP contribution in [0.2, 0.25) is 5.02 Å². The summed E-state index contributed by atoms with van der Waals surface area (Å²) in [4.78, 5) is 30.3. The van der Waals surface area contributed by atoms with Gasteiger partial charge in [-0.1, -0.05) is 11.6 Å². The van der Waals surface area contributed by atoms with Gasteiger partial charge in [-0.15, -0.1) is 11.3 Å². The van der Waals surface area contributed by atoms with E-state index < -0.39 is 23.3 Å². The first-order valence-electron chi connectivity index (χ1n) is 7.19. The summed E-state index contributed by atoms with van der Waals surface area (Å²) < 4.78 is 38.6. The van der Waals surface area contributed by atoms with Gasteiger partial charge in [0.05, 0.1) is 10.9 Å². The van der Waals surface area contributed by atoms with Crippen LogP contribution in [0, 0.1) is 6.92 Å². The molecule has 0 aliphatic carbocycles. The van der Waals surface area contributed by atoms with Gasteiger partial charge in [-0.25, -0.2) is 9.78 Å². The van der Waals surface area contributed by atoms with E-state index >= 15 is 0 Å².